The van der Waals surface area contributed by atoms with Crippen molar-refractivity contribution in [2.24, 2.45) is 0 Å². The molecular weight excluding hydrogens is 372 g/mol. The molecule has 0 aromatic heterocycles. The maximum absolute atomic E-state index is 13.2. The Hall–Kier alpha value is -2.62. The molecule has 4 heteroatoms. The molecule has 2 aromatic carbocycles. The van der Waals surface area contributed by atoms with Crippen LogP contribution in [-0.4, -0.2) is 29.8 Å². The number of aryl methyl sites for hydroxylation is 1. The first-order valence-corrected chi connectivity index (χ1v) is 11.2. The second-order valence-electron chi connectivity index (χ2n) is 8.40. The van der Waals surface area contributed by atoms with Crippen LogP contribution in [0.1, 0.15) is 62.1 Å². The van der Waals surface area contributed by atoms with Gasteiger partial charge in [0.25, 0.3) is 0 Å². The molecule has 1 heterocycles. The zero-order chi connectivity index (χ0) is 21.3. The van der Waals surface area contributed by atoms with E-state index in [1.807, 2.05) is 40.1 Å². The standard InChI is InChI=1S/C26H34N2O2/c1-21-13-15-23(16-14-21)19-26(30)27-17-9-5-3-4-6-10-18-28(22(2)29)25-12-8-7-11-24(25)20-27/h7-8,11-16H,3-6,9-10,17-20H2,1-2H3. The van der Waals surface area contributed by atoms with Crippen molar-refractivity contribution >= 4 is 17.5 Å². The maximum atomic E-state index is 13.2. The summed E-state index contributed by atoms with van der Waals surface area (Å²) in [6.07, 6.45) is 7.12. The summed E-state index contributed by atoms with van der Waals surface area (Å²) in [5.41, 5.74) is 4.24. The Kier molecular flexibility index (Phi) is 8.06. The summed E-state index contributed by atoms with van der Waals surface area (Å²) in [6.45, 7) is 5.74. The highest BCUT2D eigenvalue weighted by atomic mass is 16.2. The Morgan fingerprint density at radius 3 is 2.17 bits per heavy atom. The summed E-state index contributed by atoms with van der Waals surface area (Å²) >= 11 is 0. The number of hydrogen-bond donors (Lipinski definition) is 0. The fourth-order valence-corrected chi connectivity index (χ4v) is 4.12. The number of carbonyl (C=O) groups excluding carboxylic acids is 2. The summed E-state index contributed by atoms with van der Waals surface area (Å²) in [4.78, 5) is 29.4. The molecule has 0 fully saturated rings. The van der Waals surface area contributed by atoms with Crippen LogP contribution in [0.5, 0.6) is 0 Å². The van der Waals surface area contributed by atoms with Gasteiger partial charge in [-0.15, -0.1) is 0 Å². The van der Waals surface area contributed by atoms with Crippen LogP contribution in [0, 0.1) is 6.92 Å². The average molecular weight is 407 g/mol. The number of rotatable bonds is 2. The molecule has 0 N–H and O–H groups in total. The number of carbonyl (C=O) groups is 2. The zero-order valence-corrected chi connectivity index (χ0v) is 18.4. The summed E-state index contributed by atoms with van der Waals surface area (Å²) in [6, 6.07) is 16.2. The van der Waals surface area contributed by atoms with Crippen LogP contribution in [0.3, 0.4) is 0 Å². The normalized spacial score (nSPS) is 16.1. The Morgan fingerprint density at radius 2 is 1.47 bits per heavy atom. The Bertz CT molecular complexity index is 844. The highest BCUT2D eigenvalue weighted by molar-refractivity contribution is 5.92. The first-order valence-electron chi connectivity index (χ1n) is 11.2. The van der Waals surface area contributed by atoms with Crippen LogP contribution in [0.15, 0.2) is 48.5 Å². The highest BCUT2D eigenvalue weighted by Gasteiger charge is 2.20. The first kappa shape index (κ1) is 22.1. The Morgan fingerprint density at radius 1 is 0.833 bits per heavy atom. The van der Waals surface area contributed by atoms with Crippen LogP contribution in [0.25, 0.3) is 0 Å². The van der Waals surface area contributed by atoms with E-state index >= 15 is 0 Å². The van der Waals surface area contributed by atoms with Gasteiger partial charge < -0.3 is 9.80 Å². The highest BCUT2D eigenvalue weighted by Crippen LogP contribution is 2.24. The number of hydrogen-bond acceptors (Lipinski definition) is 2. The third-order valence-corrected chi connectivity index (χ3v) is 5.91. The van der Waals surface area contributed by atoms with E-state index < -0.39 is 0 Å². The van der Waals surface area contributed by atoms with Crippen molar-refractivity contribution in [3.05, 3.63) is 65.2 Å². The predicted octanol–water partition coefficient (Wildman–Crippen LogP) is 5.27. The van der Waals surface area contributed by atoms with Gasteiger partial charge in [-0.3, -0.25) is 9.59 Å². The Labute approximate surface area is 180 Å². The molecule has 0 aliphatic carbocycles. The van der Waals surface area contributed by atoms with Crippen LogP contribution in [0.2, 0.25) is 0 Å². The molecule has 0 saturated carbocycles. The van der Waals surface area contributed by atoms with Crippen molar-refractivity contribution in [2.45, 2.75) is 65.3 Å². The molecule has 1 aliphatic heterocycles. The van der Waals surface area contributed by atoms with E-state index in [0.717, 1.165) is 55.6 Å². The topological polar surface area (TPSA) is 40.6 Å². The van der Waals surface area contributed by atoms with Gasteiger partial charge in [0.05, 0.1) is 6.42 Å². The van der Waals surface area contributed by atoms with Gasteiger partial charge in [-0.1, -0.05) is 73.7 Å². The van der Waals surface area contributed by atoms with Crippen LogP contribution >= 0.6 is 0 Å². The number of amides is 2. The van der Waals surface area contributed by atoms with Crippen molar-refractivity contribution in [1.29, 1.82) is 0 Å². The molecule has 2 aromatic rings. The predicted molar refractivity (Wildman–Crippen MR) is 122 cm³/mol. The van der Waals surface area contributed by atoms with E-state index in [4.69, 9.17) is 0 Å². The van der Waals surface area contributed by atoms with Gasteiger partial charge in [-0.05, 0) is 37.0 Å². The fourth-order valence-electron chi connectivity index (χ4n) is 4.12. The molecular formula is C26H34N2O2. The van der Waals surface area contributed by atoms with Gasteiger partial charge in [0.1, 0.15) is 0 Å². The lowest BCUT2D eigenvalue weighted by Crippen LogP contribution is -2.35. The van der Waals surface area contributed by atoms with E-state index in [2.05, 4.69) is 25.1 Å². The molecule has 1 aliphatic rings. The molecule has 0 unspecified atom stereocenters. The average Bonchev–Trinajstić information content (AvgIpc) is 2.75. The summed E-state index contributed by atoms with van der Waals surface area (Å²) in [7, 11) is 0. The van der Waals surface area contributed by atoms with Gasteiger partial charge in [0.15, 0.2) is 0 Å². The SMILES string of the molecule is CC(=O)N1CCCCCCCCN(C(=O)Cc2ccc(C)cc2)Cc2ccccc21. The molecule has 0 spiro atoms. The Balaban J connectivity index is 1.85. The molecule has 0 saturated heterocycles. The molecule has 0 atom stereocenters. The minimum atomic E-state index is 0.0647. The molecule has 4 nitrogen and oxygen atoms in total. The van der Waals surface area contributed by atoms with E-state index in [1.54, 1.807) is 6.92 Å². The number of para-hydroxylation sites is 1. The maximum Gasteiger partial charge on any atom is 0.227 e. The third kappa shape index (κ3) is 6.19. The van der Waals surface area contributed by atoms with Gasteiger partial charge >= 0.3 is 0 Å². The van der Waals surface area contributed by atoms with Crippen LogP contribution in [0.4, 0.5) is 5.69 Å². The smallest absolute Gasteiger partial charge is 0.227 e. The fraction of sp³-hybridized carbons (Fsp3) is 0.462. The van der Waals surface area contributed by atoms with Gasteiger partial charge in [0, 0.05) is 32.2 Å². The van der Waals surface area contributed by atoms with Crippen molar-refractivity contribution < 1.29 is 9.59 Å². The largest absolute Gasteiger partial charge is 0.338 e. The van der Waals surface area contributed by atoms with Gasteiger partial charge in [0.2, 0.25) is 11.8 Å². The molecule has 0 bridgehead atoms. The summed E-state index contributed by atoms with van der Waals surface area (Å²) < 4.78 is 0. The lowest BCUT2D eigenvalue weighted by atomic mass is 10.1. The van der Waals surface area contributed by atoms with Gasteiger partial charge in [-0.25, -0.2) is 0 Å². The van der Waals surface area contributed by atoms with Crippen molar-refractivity contribution in [3.8, 4) is 0 Å². The summed E-state index contributed by atoms with van der Waals surface area (Å²) in [5.74, 6) is 0.216. The summed E-state index contributed by atoms with van der Waals surface area (Å²) in [5, 5.41) is 0. The molecule has 3 rings (SSSR count). The molecule has 160 valence electrons. The lowest BCUT2D eigenvalue weighted by molar-refractivity contribution is -0.131. The quantitative estimate of drug-likeness (QED) is 0.681. The number of fused-ring (bicyclic) bond motifs is 1. The van der Waals surface area contributed by atoms with E-state index in [0.29, 0.717) is 13.0 Å². The van der Waals surface area contributed by atoms with E-state index in [-0.39, 0.29) is 11.8 Å². The second kappa shape index (κ2) is 11.0. The van der Waals surface area contributed by atoms with Gasteiger partial charge in [-0.2, -0.15) is 0 Å². The van der Waals surface area contributed by atoms with Crippen molar-refractivity contribution in [3.63, 3.8) is 0 Å². The molecule has 30 heavy (non-hydrogen) atoms. The monoisotopic (exact) mass is 406 g/mol. The van der Waals surface area contributed by atoms with Crippen molar-refractivity contribution in [1.82, 2.24) is 4.90 Å². The van der Waals surface area contributed by atoms with Crippen molar-refractivity contribution in [2.75, 3.05) is 18.0 Å². The van der Waals surface area contributed by atoms with Crippen LogP contribution < -0.4 is 4.90 Å². The molecule has 0 radical (unpaired) electrons. The number of benzene rings is 2. The van der Waals surface area contributed by atoms with E-state index in [9.17, 15) is 9.59 Å². The number of anilines is 1. The molecule has 2 amide bonds. The minimum Gasteiger partial charge on any atom is -0.338 e. The minimum absolute atomic E-state index is 0.0647. The zero-order valence-electron chi connectivity index (χ0n) is 18.4. The first-order chi connectivity index (χ1) is 14.5. The van der Waals surface area contributed by atoms with Crippen LogP contribution in [-0.2, 0) is 22.6 Å². The van der Waals surface area contributed by atoms with E-state index in [1.165, 1.54) is 18.4 Å². The number of nitrogens with zero attached hydrogens (tertiary/aromatic N) is 2. The second-order valence-corrected chi connectivity index (χ2v) is 8.40. The third-order valence-electron chi connectivity index (χ3n) is 5.91. The lowest BCUT2D eigenvalue weighted by Gasteiger charge is -2.28.